The zero-order valence-corrected chi connectivity index (χ0v) is 10.4. The number of carbonyl (C=O) groups excluding carboxylic acids is 2. The molecule has 0 spiro atoms. The van der Waals surface area contributed by atoms with Crippen LogP contribution in [-0.4, -0.2) is 18.0 Å². The van der Waals surface area contributed by atoms with E-state index in [9.17, 15) is 18.4 Å². The second-order valence-electron chi connectivity index (χ2n) is 4.61. The van der Waals surface area contributed by atoms with E-state index in [1.165, 1.54) is 6.92 Å². The van der Waals surface area contributed by atoms with Gasteiger partial charge in [-0.05, 0) is 13.3 Å². The predicted molar refractivity (Wildman–Crippen MR) is 58.5 cm³/mol. The topological polar surface area (TPSA) is 34.1 Å². The summed E-state index contributed by atoms with van der Waals surface area (Å²) in [6.07, 6.45) is 0.601. The molecule has 0 aromatic rings. The monoisotopic (exact) mass is 232 g/mol. The molecular weight excluding hydrogens is 214 g/mol. The first kappa shape index (κ1) is 14.9. The molecule has 0 aromatic carbocycles. The van der Waals surface area contributed by atoms with Gasteiger partial charge in [-0.2, -0.15) is 0 Å². The molecule has 16 heavy (non-hydrogen) atoms. The van der Waals surface area contributed by atoms with Gasteiger partial charge in [-0.15, -0.1) is 0 Å². The van der Waals surface area contributed by atoms with Crippen LogP contribution in [0.4, 0.5) is 8.78 Å². The summed E-state index contributed by atoms with van der Waals surface area (Å²) in [4.78, 5) is 22.5. The van der Waals surface area contributed by atoms with Crippen LogP contribution in [0.3, 0.4) is 0 Å². The summed E-state index contributed by atoms with van der Waals surface area (Å²) in [5, 5.41) is 0. The number of allylic oxidation sites excluding steroid dienone is 2. The lowest BCUT2D eigenvalue weighted by Crippen LogP contribution is -2.28. The van der Waals surface area contributed by atoms with Crippen LogP contribution in [0.2, 0.25) is 0 Å². The van der Waals surface area contributed by atoms with Crippen molar-refractivity contribution in [3.63, 3.8) is 0 Å². The predicted octanol–water partition coefficient (Wildman–Crippen LogP) is 3.16. The van der Waals surface area contributed by atoms with Crippen LogP contribution in [0, 0.1) is 5.41 Å². The van der Waals surface area contributed by atoms with E-state index in [-0.39, 0.29) is 11.9 Å². The summed E-state index contributed by atoms with van der Waals surface area (Å²) in [6, 6.07) is 0. The van der Waals surface area contributed by atoms with Crippen molar-refractivity contribution in [1.82, 2.24) is 0 Å². The number of rotatable bonds is 5. The first-order valence-corrected chi connectivity index (χ1v) is 5.17. The van der Waals surface area contributed by atoms with Crippen LogP contribution in [0.5, 0.6) is 0 Å². The molecule has 92 valence electrons. The van der Waals surface area contributed by atoms with E-state index >= 15 is 0 Å². The summed E-state index contributed by atoms with van der Waals surface area (Å²) >= 11 is 0. The highest BCUT2D eigenvalue weighted by Crippen LogP contribution is 2.30. The Balaban J connectivity index is 5.47. The Bertz CT molecular complexity index is 322. The summed E-state index contributed by atoms with van der Waals surface area (Å²) in [5.74, 6) is -3.68. The van der Waals surface area contributed by atoms with Crippen molar-refractivity contribution in [3.8, 4) is 0 Å². The molecule has 0 aliphatic rings. The molecule has 0 unspecified atom stereocenters. The number of ketones is 1. The van der Waals surface area contributed by atoms with E-state index < -0.39 is 22.7 Å². The van der Waals surface area contributed by atoms with Crippen molar-refractivity contribution < 1.29 is 18.4 Å². The standard InChI is InChI=1S/C12H18F2O2/c1-6-11(3,4)10(16)8(2)9(7-15)12(5,13)14/h7H,6H2,1-5H3/b9-8+. The maximum atomic E-state index is 13.0. The molecule has 2 nitrogen and oxygen atoms in total. The van der Waals surface area contributed by atoms with E-state index in [1.54, 1.807) is 20.8 Å². The number of Topliss-reactive ketones (excluding diaryl/α,β-unsaturated/α-hetero) is 1. The van der Waals surface area contributed by atoms with Crippen LogP contribution in [-0.2, 0) is 9.59 Å². The van der Waals surface area contributed by atoms with Crippen LogP contribution >= 0.6 is 0 Å². The molecule has 0 fully saturated rings. The Labute approximate surface area is 94.7 Å². The molecule has 0 saturated carbocycles. The van der Waals surface area contributed by atoms with Gasteiger partial charge >= 0.3 is 0 Å². The normalized spacial score (nSPS) is 14.4. The van der Waals surface area contributed by atoms with Crippen LogP contribution < -0.4 is 0 Å². The van der Waals surface area contributed by atoms with Crippen molar-refractivity contribution in [3.05, 3.63) is 11.1 Å². The number of carbonyl (C=O) groups is 2. The van der Waals surface area contributed by atoms with Gasteiger partial charge < -0.3 is 0 Å². The summed E-state index contributed by atoms with van der Waals surface area (Å²) < 4.78 is 26.1. The lowest BCUT2D eigenvalue weighted by molar-refractivity contribution is -0.124. The van der Waals surface area contributed by atoms with E-state index in [2.05, 4.69) is 0 Å². The van der Waals surface area contributed by atoms with E-state index in [0.29, 0.717) is 13.3 Å². The fourth-order valence-corrected chi connectivity index (χ4v) is 1.31. The summed E-state index contributed by atoms with van der Waals surface area (Å²) in [6.45, 7) is 7.05. The largest absolute Gasteiger partial charge is 0.298 e. The van der Waals surface area contributed by atoms with Gasteiger partial charge in [0, 0.05) is 17.9 Å². The van der Waals surface area contributed by atoms with Gasteiger partial charge in [-0.1, -0.05) is 20.8 Å². The van der Waals surface area contributed by atoms with E-state index in [4.69, 9.17) is 0 Å². The minimum Gasteiger partial charge on any atom is -0.298 e. The quantitative estimate of drug-likeness (QED) is 0.539. The second kappa shape index (κ2) is 4.85. The van der Waals surface area contributed by atoms with Gasteiger partial charge in [0.15, 0.2) is 12.1 Å². The number of alkyl halides is 2. The average Bonchev–Trinajstić information content (AvgIpc) is 2.15. The lowest BCUT2D eigenvalue weighted by atomic mass is 9.80. The third kappa shape index (κ3) is 3.22. The van der Waals surface area contributed by atoms with Crippen molar-refractivity contribution in [2.75, 3.05) is 0 Å². The Hall–Kier alpha value is -1.06. The average molecular weight is 232 g/mol. The van der Waals surface area contributed by atoms with Gasteiger partial charge in [0.2, 0.25) is 0 Å². The van der Waals surface area contributed by atoms with Crippen molar-refractivity contribution in [1.29, 1.82) is 0 Å². The number of halogens is 2. The molecule has 0 amide bonds. The van der Waals surface area contributed by atoms with Crippen molar-refractivity contribution in [2.45, 2.75) is 47.0 Å². The van der Waals surface area contributed by atoms with Crippen molar-refractivity contribution >= 4 is 12.1 Å². The molecular formula is C12H18F2O2. The number of aldehydes is 1. The summed E-state index contributed by atoms with van der Waals surface area (Å²) in [7, 11) is 0. The SMILES string of the molecule is CCC(C)(C)C(=O)/C(C)=C(\C=O)C(C)(F)F. The highest BCUT2D eigenvalue weighted by atomic mass is 19.3. The van der Waals surface area contributed by atoms with Crippen LogP contribution in [0.1, 0.15) is 41.0 Å². The third-order valence-electron chi connectivity index (χ3n) is 2.83. The van der Waals surface area contributed by atoms with Crippen LogP contribution in [0.15, 0.2) is 11.1 Å². The molecule has 0 bridgehead atoms. The fourth-order valence-electron chi connectivity index (χ4n) is 1.31. The number of hydrogen-bond acceptors (Lipinski definition) is 2. The molecule has 0 radical (unpaired) electrons. The maximum Gasteiger partial charge on any atom is 0.274 e. The highest BCUT2D eigenvalue weighted by Gasteiger charge is 2.35. The molecule has 0 saturated heterocycles. The smallest absolute Gasteiger partial charge is 0.274 e. The first-order chi connectivity index (χ1) is 7.07. The Kier molecular flexibility index (Phi) is 4.53. The Morgan fingerprint density at radius 3 is 1.94 bits per heavy atom. The zero-order valence-electron chi connectivity index (χ0n) is 10.4. The molecule has 0 atom stereocenters. The van der Waals surface area contributed by atoms with Gasteiger partial charge in [-0.3, -0.25) is 9.59 Å². The minimum absolute atomic E-state index is 0.0684. The van der Waals surface area contributed by atoms with Crippen molar-refractivity contribution in [2.24, 2.45) is 5.41 Å². The zero-order chi connectivity index (χ0) is 13.1. The Morgan fingerprint density at radius 1 is 1.25 bits per heavy atom. The number of hydrogen-bond donors (Lipinski definition) is 0. The van der Waals surface area contributed by atoms with Gasteiger partial charge in [0.25, 0.3) is 5.92 Å². The minimum atomic E-state index is -3.27. The van der Waals surface area contributed by atoms with Gasteiger partial charge in [-0.25, -0.2) is 8.78 Å². The molecule has 0 aliphatic heterocycles. The first-order valence-electron chi connectivity index (χ1n) is 5.17. The second-order valence-corrected chi connectivity index (χ2v) is 4.61. The Morgan fingerprint density at radius 2 is 1.69 bits per heavy atom. The fraction of sp³-hybridized carbons (Fsp3) is 0.667. The lowest BCUT2D eigenvalue weighted by Gasteiger charge is -2.23. The van der Waals surface area contributed by atoms with E-state index in [1.807, 2.05) is 0 Å². The molecule has 0 heterocycles. The highest BCUT2D eigenvalue weighted by molar-refractivity contribution is 6.03. The van der Waals surface area contributed by atoms with E-state index in [0.717, 1.165) is 0 Å². The summed E-state index contributed by atoms with van der Waals surface area (Å²) in [5.41, 5.74) is -1.59. The molecule has 0 aromatic heterocycles. The molecule has 4 heteroatoms. The van der Waals surface area contributed by atoms with Gasteiger partial charge in [0.1, 0.15) is 0 Å². The molecule has 0 N–H and O–H groups in total. The molecule has 0 aliphatic carbocycles. The maximum absolute atomic E-state index is 13.0. The molecule has 0 rings (SSSR count). The van der Waals surface area contributed by atoms with Gasteiger partial charge in [0.05, 0.1) is 5.57 Å². The third-order valence-corrected chi connectivity index (χ3v) is 2.83. The van der Waals surface area contributed by atoms with Crippen LogP contribution in [0.25, 0.3) is 0 Å².